The van der Waals surface area contributed by atoms with Crippen LogP contribution in [0.1, 0.15) is 78.1 Å². The summed E-state index contributed by atoms with van der Waals surface area (Å²) in [7, 11) is 0. The Morgan fingerprint density at radius 2 is 1.24 bits per heavy atom. The van der Waals surface area contributed by atoms with Crippen LogP contribution in [0.2, 0.25) is 0 Å². The van der Waals surface area contributed by atoms with Crippen molar-refractivity contribution in [3.8, 4) is 0 Å². The van der Waals surface area contributed by atoms with Gasteiger partial charge in [-0.25, -0.2) is 9.98 Å². The number of aliphatic imine (C=N–C) groups is 2. The van der Waals surface area contributed by atoms with E-state index in [-0.39, 0.29) is 11.2 Å². The van der Waals surface area contributed by atoms with E-state index >= 15 is 0 Å². The molecule has 0 bridgehead atoms. The largest absolute Gasteiger partial charge is 0.281 e. The Kier molecular flexibility index (Phi) is 9.62. The van der Waals surface area contributed by atoms with Crippen LogP contribution in [-0.4, -0.2) is 23.3 Å². The second kappa shape index (κ2) is 11.0. The van der Waals surface area contributed by atoms with Gasteiger partial charge in [0, 0.05) is 5.92 Å². The summed E-state index contributed by atoms with van der Waals surface area (Å²) in [5, 5.41) is -0.269. The molecule has 2 rings (SSSR count). The standard InChI is InChI=1S/C13H22N2.C4H7ClO/c1-3-7-12(8-4-1)14-11-15-13-9-5-2-6-10-13;1-3(2)4(5)6/h12-13H,1-10H2;3H,1-2H3. The molecule has 0 spiro atoms. The van der Waals surface area contributed by atoms with Crippen molar-refractivity contribution in [2.45, 2.75) is 90.1 Å². The molecule has 0 aliphatic heterocycles. The molecule has 120 valence electrons. The van der Waals surface area contributed by atoms with Crippen molar-refractivity contribution in [3.05, 3.63) is 0 Å². The van der Waals surface area contributed by atoms with Crippen LogP contribution in [0.3, 0.4) is 0 Å². The quantitative estimate of drug-likeness (QED) is 0.519. The molecule has 0 amide bonds. The molecule has 0 radical (unpaired) electrons. The summed E-state index contributed by atoms with van der Waals surface area (Å²) in [5.41, 5.74) is 0. The van der Waals surface area contributed by atoms with E-state index in [1.807, 2.05) is 0 Å². The molecule has 2 fully saturated rings. The topological polar surface area (TPSA) is 41.8 Å². The van der Waals surface area contributed by atoms with Crippen molar-refractivity contribution in [3.63, 3.8) is 0 Å². The van der Waals surface area contributed by atoms with Crippen molar-refractivity contribution in [2.75, 3.05) is 0 Å². The van der Waals surface area contributed by atoms with Gasteiger partial charge < -0.3 is 0 Å². The van der Waals surface area contributed by atoms with E-state index in [2.05, 4.69) is 16.0 Å². The van der Waals surface area contributed by atoms with E-state index in [1.54, 1.807) is 13.8 Å². The maximum absolute atomic E-state index is 9.91. The second-order valence-electron chi connectivity index (χ2n) is 6.40. The summed E-state index contributed by atoms with van der Waals surface area (Å²) in [4.78, 5) is 18.8. The van der Waals surface area contributed by atoms with Gasteiger partial charge in [-0.1, -0.05) is 52.4 Å². The lowest BCUT2D eigenvalue weighted by Crippen LogP contribution is -2.10. The second-order valence-corrected chi connectivity index (χ2v) is 6.77. The number of nitrogens with zero attached hydrogens (tertiary/aromatic N) is 2. The minimum absolute atomic E-state index is 0.0216. The summed E-state index contributed by atoms with van der Waals surface area (Å²) >= 11 is 4.97. The third-order valence-corrected chi connectivity index (χ3v) is 4.52. The smallest absolute Gasteiger partial charge is 0.224 e. The molecule has 0 saturated heterocycles. The average molecular weight is 313 g/mol. The monoisotopic (exact) mass is 312 g/mol. The number of halogens is 1. The molecule has 0 unspecified atom stereocenters. The van der Waals surface area contributed by atoms with E-state index in [0.717, 1.165) is 0 Å². The Morgan fingerprint density at radius 1 is 0.905 bits per heavy atom. The maximum atomic E-state index is 9.91. The predicted molar refractivity (Wildman–Crippen MR) is 89.3 cm³/mol. The number of hydrogen-bond donors (Lipinski definition) is 0. The number of rotatable bonds is 3. The molecular weight excluding hydrogens is 284 g/mol. The molecule has 2 aliphatic carbocycles. The van der Waals surface area contributed by atoms with Gasteiger partial charge in [0.25, 0.3) is 0 Å². The fraction of sp³-hybridized carbons (Fsp3) is 0.882. The normalized spacial score (nSPS) is 20.2. The van der Waals surface area contributed by atoms with Crippen LogP contribution in [0.25, 0.3) is 0 Å². The van der Waals surface area contributed by atoms with E-state index in [1.165, 1.54) is 64.2 Å². The third kappa shape index (κ3) is 9.06. The fourth-order valence-electron chi connectivity index (χ4n) is 2.62. The van der Waals surface area contributed by atoms with E-state index in [9.17, 15) is 4.79 Å². The van der Waals surface area contributed by atoms with Gasteiger partial charge in [-0.05, 0) is 37.3 Å². The zero-order valence-electron chi connectivity index (χ0n) is 13.5. The van der Waals surface area contributed by atoms with Gasteiger partial charge in [-0.2, -0.15) is 0 Å². The highest BCUT2D eigenvalue weighted by molar-refractivity contribution is 6.63. The fourth-order valence-corrected chi connectivity index (χ4v) is 2.62. The number of hydrogen-bond acceptors (Lipinski definition) is 3. The minimum atomic E-state index is -0.269. The first-order valence-corrected chi connectivity index (χ1v) is 8.81. The number of carbonyl (C=O) groups is 1. The lowest BCUT2D eigenvalue weighted by Gasteiger charge is -2.17. The van der Waals surface area contributed by atoms with Gasteiger partial charge in [-0.3, -0.25) is 4.79 Å². The van der Waals surface area contributed by atoms with Crippen molar-refractivity contribution >= 4 is 22.9 Å². The Hall–Kier alpha value is -0.660. The highest BCUT2D eigenvalue weighted by atomic mass is 35.5. The van der Waals surface area contributed by atoms with Crippen molar-refractivity contribution in [1.29, 1.82) is 0 Å². The SMILES string of the molecule is C(=NC1CCCCC1)=NC1CCCCC1.CC(C)C(=O)Cl. The van der Waals surface area contributed by atoms with Gasteiger partial charge in [0.1, 0.15) is 0 Å². The number of carbonyl (C=O) groups excluding carboxylic acids is 1. The molecule has 0 atom stereocenters. The lowest BCUT2D eigenvalue weighted by atomic mass is 9.96. The molecule has 0 N–H and O–H groups in total. The first-order valence-electron chi connectivity index (χ1n) is 8.43. The van der Waals surface area contributed by atoms with E-state index < -0.39 is 0 Å². The van der Waals surface area contributed by atoms with Crippen molar-refractivity contribution in [1.82, 2.24) is 0 Å². The summed E-state index contributed by atoms with van der Waals surface area (Å²) in [6.45, 7) is 3.52. The summed E-state index contributed by atoms with van der Waals surface area (Å²) < 4.78 is 0. The highest BCUT2D eigenvalue weighted by Crippen LogP contribution is 2.21. The first-order chi connectivity index (χ1) is 10.1. The Bertz CT molecular complexity index is 328. The van der Waals surface area contributed by atoms with Gasteiger partial charge in [0.15, 0.2) is 0 Å². The zero-order valence-corrected chi connectivity index (χ0v) is 14.2. The first kappa shape index (κ1) is 18.4. The lowest BCUT2D eigenvalue weighted by molar-refractivity contribution is -0.114. The van der Waals surface area contributed by atoms with Gasteiger partial charge in [-0.15, -0.1) is 0 Å². The van der Waals surface area contributed by atoms with Crippen LogP contribution in [0.15, 0.2) is 9.98 Å². The maximum Gasteiger partial charge on any atom is 0.224 e. The minimum Gasteiger partial charge on any atom is -0.281 e. The zero-order chi connectivity index (χ0) is 15.5. The van der Waals surface area contributed by atoms with Crippen LogP contribution in [0.5, 0.6) is 0 Å². The van der Waals surface area contributed by atoms with Gasteiger partial charge in [0.05, 0.1) is 18.1 Å². The summed E-state index contributed by atoms with van der Waals surface area (Å²) in [5.74, 6) is -0.0216. The van der Waals surface area contributed by atoms with Crippen LogP contribution >= 0.6 is 11.6 Å². The van der Waals surface area contributed by atoms with Crippen LogP contribution in [0, 0.1) is 5.92 Å². The Balaban J connectivity index is 0.000000315. The molecule has 2 saturated carbocycles. The molecular formula is C17H29ClN2O. The Morgan fingerprint density at radius 3 is 1.52 bits per heavy atom. The molecule has 0 aromatic carbocycles. The highest BCUT2D eigenvalue weighted by Gasteiger charge is 2.12. The van der Waals surface area contributed by atoms with E-state index in [0.29, 0.717) is 12.1 Å². The van der Waals surface area contributed by atoms with Crippen molar-refractivity contribution < 1.29 is 4.79 Å². The van der Waals surface area contributed by atoms with Gasteiger partial charge >= 0.3 is 0 Å². The van der Waals surface area contributed by atoms with Gasteiger partial charge in [0.2, 0.25) is 5.24 Å². The molecule has 21 heavy (non-hydrogen) atoms. The van der Waals surface area contributed by atoms with Crippen LogP contribution in [0.4, 0.5) is 0 Å². The molecule has 0 aromatic heterocycles. The predicted octanol–water partition coefficient (Wildman–Crippen LogP) is 5.23. The Labute approximate surface area is 134 Å². The molecule has 0 aromatic rings. The van der Waals surface area contributed by atoms with Crippen LogP contribution in [-0.2, 0) is 4.79 Å². The van der Waals surface area contributed by atoms with E-state index in [4.69, 9.17) is 11.6 Å². The summed E-state index contributed by atoms with van der Waals surface area (Å²) in [6, 6.07) is 4.04. The molecule has 2 aliphatic rings. The molecule has 3 nitrogen and oxygen atoms in total. The molecule has 0 heterocycles. The average Bonchev–Trinajstić information content (AvgIpc) is 2.50. The van der Waals surface area contributed by atoms with Crippen molar-refractivity contribution in [2.24, 2.45) is 15.9 Å². The van der Waals surface area contributed by atoms with Crippen LogP contribution < -0.4 is 0 Å². The molecule has 4 heteroatoms. The summed E-state index contributed by atoms with van der Waals surface area (Å²) in [6.07, 6.45) is 13.2. The third-order valence-electron chi connectivity index (χ3n) is 4.08.